The average Bonchev–Trinajstić information content (AvgIpc) is 2.14. The Bertz CT molecular complexity index is 250. The topological polar surface area (TPSA) is 102 Å². The van der Waals surface area contributed by atoms with Gasteiger partial charge >= 0.3 is 29.6 Å². The first kappa shape index (κ1) is 33.0. The summed E-state index contributed by atoms with van der Waals surface area (Å²) in [5.41, 5.74) is 0. The molecule has 0 rings (SSSR count). The summed E-state index contributed by atoms with van der Waals surface area (Å²) < 4.78 is 34.0. The number of hydrogen-bond acceptors (Lipinski definition) is 4. The summed E-state index contributed by atoms with van der Waals surface area (Å²) in [6, 6.07) is 0. The van der Waals surface area contributed by atoms with Crippen LogP contribution in [-0.4, -0.2) is 46.2 Å². The van der Waals surface area contributed by atoms with Gasteiger partial charge in [0.25, 0.3) is 0 Å². The molecule has 6 nitrogen and oxygen atoms in total. The van der Waals surface area contributed by atoms with Crippen LogP contribution in [0.15, 0.2) is 0 Å². The third-order valence-electron chi connectivity index (χ3n) is 1.73. The van der Waals surface area contributed by atoms with Gasteiger partial charge in [-0.3, -0.25) is 4.18 Å². The van der Waals surface area contributed by atoms with E-state index in [1.807, 2.05) is 0 Å². The molecule has 0 fully saturated rings. The van der Waals surface area contributed by atoms with Gasteiger partial charge in [0.15, 0.2) is 0 Å². The van der Waals surface area contributed by atoms with Crippen molar-refractivity contribution >= 4 is 10.4 Å². The molecule has 0 bridgehead atoms. The fourth-order valence-electron chi connectivity index (χ4n) is 1.04. The molecule has 0 aromatic heterocycles. The number of unbranched alkanes of at least 4 members (excludes halogenated alkanes) is 5. The van der Waals surface area contributed by atoms with Crippen molar-refractivity contribution in [3.8, 4) is 0 Å². The summed E-state index contributed by atoms with van der Waals surface area (Å²) in [6.07, 6.45) is 6.21. The van der Waals surface area contributed by atoms with Gasteiger partial charge in [0.1, 0.15) is 0 Å². The van der Waals surface area contributed by atoms with Crippen LogP contribution in [0.5, 0.6) is 0 Å². The molecule has 0 spiro atoms. The fourth-order valence-corrected chi connectivity index (χ4v) is 1.37. The maximum absolute atomic E-state index is 9.99. The Kier molecular flexibility index (Phi) is 37.2. The Hall–Kier alpha value is 1.27. The third kappa shape index (κ3) is 50.6. The molecule has 0 amide bonds. The molecule has 3 N–H and O–H groups in total. The molecule has 20 heavy (non-hydrogen) atoms. The smallest absolute Gasteiger partial charge is 1.00 e. The molecule has 0 radical (unpaired) electrons. The van der Waals surface area contributed by atoms with Crippen LogP contribution in [0, 0.1) is 0 Å². The van der Waals surface area contributed by atoms with E-state index >= 15 is 0 Å². The van der Waals surface area contributed by atoms with Crippen LogP contribution in [-0.2, 0) is 14.6 Å². The molecule has 0 saturated carbocycles. The first-order valence-electron chi connectivity index (χ1n) is 6.16. The van der Waals surface area contributed by atoms with Gasteiger partial charge in [-0.05, 0) is 6.42 Å². The predicted molar refractivity (Wildman–Crippen MR) is 71.4 cm³/mol. The Morgan fingerprint density at radius 1 is 1.00 bits per heavy atom. The van der Waals surface area contributed by atoms with Crippen molar-refractivity contribution < 1.29 is 74.1 Å². The van der Waals surface area contributed by atoms with E-state index in [-0.39, 0.29) is 58.6 Å². The van der Waals surface area contributed by atoms with Crippen molar-refractivity contribution in [1.29, 1.82) is 0 Å². The minimum absolute atomic E-state index is 0. The van der Waals surface area contributed by atoms with E-state index in [1.165, 1.54) is 24.2 Å². The van der Waals surface area contributed by atoms with Gasteiger partial charge in [0.05, 0.1) is 27.7 Å². The van der Waals surface area contributed by atoms with Crippen molar-refractivity contribution in [2.24, 2.45) is 0 Å². The zero-order valence-corrected chi connectivity index (χ0v) is 17.8. The van der Waals surface area contributed by atoms with Crippen LogP contribution in [0.3, 0.4) is 0 Å². The van der Waals surface area contributed by atoms with Crippen LogP contribution < -0.4 is 51.4 Å². The molecule has 0 aromatic carbocycles. The number of rotatable bonds is 8. The molecule has 0 heterocycles. The van der Waals surface area contributed by atoms with Gasteiger partial charge in [0.2, 0.25) is 10.4 Å². The van der Waals surface area contributed by atoms with E-state index in [2.05, 4.69) is 32.2 Å². The molecule has 0 atom stereocenters. The predicted octanol–water partition coefficient (Wildman–Crippen LogP) is -6.23. The van der Waals surface area contributed by atoms with Gasteiger partial charge in [-0.2, -0.15) is 0 Å². The maximum atomic E-state index is 9.99. The van der Waals surface area contributed by atoms with Gasteiger partial charge in [-0.1, -0.05) is 39.0 Å². The molecular formula is C11H29BrNNaO5S. The SMILES string of the molecule is CCCCCCCCOS(=O)(=O)[O-].C[NH+](C)C.O.[Br-].[Na+]. The van der Waals surface area contributed by atoms with E-state index in [9.17, 15) is 13.0 Å². The summed E-state index contributed by atoms with van der Waals surface area (Å²) in [6.45, 7) is 2.16. The third-order valence-corrected chi connectivity index (χ3v) is 2.18. The van der Waals surface area contributed by atoms with Crippen molar-refractivity contribution in [3.63, 3.8) is 0 Å². The van der Waals surface area contributed by atoms with Crippen molar-refractivity contribution in [3.05, 3.63) is 0 Å². The van der Waals surface area contributed by atoms with Crippen LogP contribution in [0.4, 0.5) is 0 Å². The fraction of sp³-hybridized carbons (Fsp3) is 1.00. The zero-order valence-electron chi connectivity index (χ0n) is 13.4. The number of hydrogen-bond donors (Lipinski definition) is 1. The van der Waals surface area contributed by atoms with E-state index in [0.717, 1.165) is 12.8 Å². The summed E-state index contributed by atoms with van der Waals surface area (Å²) in [7, 11) is 1.78. The maximum Gasteiger partial charge on any atom is 1.00 e. The normalized spacial score (nSPS) is 9.50. The van der Waals surface area contributed by atoms with Crippen molar-refractivity contribution in [1.82, 2.24) is 0 Å². The number of nitrogens with one attached hydrogen (secondary N) is 1. The molecule has 122 valence electrons. The standard InChI is InChI=1S/C8H18O4S.C3H9N.BrH.Na.H2O/c1-2-3-4-5-6-7-8-12-13(9,10)11;1-4(2)3;;;/h2-8H2,1H3,(H,9,10,11);1-3H3;1H;;1H2/q;;;+1;/p-1. The number of halogens is 1. The summed E-state index contributed by atoms with van der Waals surface area (Å²) in [4.78, 5) is 1.42. The summed E-state index contributed by atoms with van der Waals surface area (Å²) in [5, 5.41) is 0. The second-order valence-electron chi connectivity index (χ2n) is 4.50. The summed E-state index contributed by atoms with van der Waals surface area (Å²) >= 11 is 0. The van der Waals surface area contributed by atoms with E-state index in [4.69, 9.17) is 0 Å². The van der Waals surface area contributed by atoms with Gasteiger partial charge in [-0.25, -0.2) is 8.42 Å². The molecule has 9 heteroatoms. The van der Waals surface area contributed by atoms with Crippen LogP contribution in [0.1, 0.15) is 45.4 Å². The first-order valence-corrected chi connectivity index (χ1v) is 7.50. The van der Waals surface area contributed by atoms with E-state index in [1.54, 1.807) is 0 Å². The molecule has 0 aliphatic rings. The monoisotopic (exact) mass is 389 g/mol. The van der Waals surface area contributed by atoms with Gasteiger partial charge in [-0.15, -0.1) is 0 Å². The Balaban J connectivity index is -0.0000000951. The minimum Gasteiger partial charge on any atom is -1.00 e. The van der Waals surface area contributed by atoms with E-state index in [0.29, 0.717) is 6.42 Å². The van der Waals surface area contributed by atoms with Crippen molar-refractivity contribution in [2.75, 3.05) is 27.7 Å². The van der Waals surface area contributed by atoms with Crippen LogP contribution in [0.25, 0.3) is 0 Å². The van der Waals surface area contributed by atoms with Crippen LogP contribution in [0.2, 0.25) is 0 Å². The average molecular weight is 390 g/mol. The number of quaternary nitrogens is 1. The Morgan fingerprint density at radius 2 is 1.35 bits per heavy atom. The Labute approximate surface area is 157 Å². The van der Waals surface area contributed by atoms with Gasteiger partial charge < -0.3 is 31.9 Å². The molecule has 0 aromatic rings. The minimum atomic E-state index is -4.47. The van der Waals surface area contributed by atoms with Crippen molar-refractivity contribution in [2.45, 2.75) is 45.4 Å². The second kappa shape index (κ2) is 22.5. The second-order valence-corrected chi connectivity index (χ2v) is 5.55. The quantitative estimate of drug-likeness (QED) is 0.193. The summed E-state index contributed by atoms with van der Waals surface area (Å²) in [5.74, 6) is 0. The zero-order chi connectivity index (χ0) is 13.7. The molecular weight excluding hydrogens is 361 g/mol. The van der Waals surface area contributed by atoms with E-state index < -0.39 is 10.4 Å². The Morgan fingerprint density at radius 3 is 1.70 bits per heavy atom. The largest absolute Gasteiger partial charge is 1.00 e. The first-order chi connectivity index (χ1) is 7.79. The molecule has 0 aliphatic heterocycles. The molecule has 0 saturated heterocycles. The molecule has 0 unspecified atom stereocenters. The van der Waals surface area contributed by atoms with Crippen LogP contribution >= 0.6 is 0 Å². The molecule has 0 aliphatic carbocycles. The van der Waals surface area contributed by atoms with Gasteiger partial charge in [0, 0.05) is 0 Å².